The molecule has 0 radical (unpaired) electrons. The van der Waals surface area contributed by atoms with Crippen molar-refractivity contribution in [3.8, 4) is 0 Å². The third-order valence-corrected chi connectivity index (χ3v) is 5.79. The Balaban J connectivity index is 1.54. The van der Waals surface area contributed by atoms with Crippen molar-refractivity contribution >= 4 is 17.6 Å². The molecule has 4 rings (SSSR count). The maximum atomic E-state index is 13.0. The average Bonchev–Trinajstić information content (AvgIpc) is 3.06. The van der Waals surface area contributed by atoms with Gasteiger partial charge in [0.15, 0.2) is 0 Å². The lowest BCUT2D eigenvalue weighted by atomic mass is 9.82. The molecule has 8 heteroatoms. The van der Waals surface area contributed by atoms with Gasteiger partial charge in [-0.25, -0.2) is 4.79 Å². The number of benzene rings is 2. The lowest BCUT2D eigenvalue weighted by molar-refractivity contribution is -0.384. The number of β-lactam (4-membered cyclic amide) rings is 1. The number of hydrogen-bond acceptors (Lipinski definition) is 6. The van der Waals surface area contributed by atoms with Gasteiger partial charge in [-0.2, -0.15) is 0 Å². The van der Waals surface area contributed by atoms with Crippen LogP contribution in [0.1, 0.15) is 24.5 Å². The number of fused-ring (bicyclic) bond motifs is 1. The predicted molar refractivity (Wildman–Crippen MR) is 110 cm³/mol. The predicted octanol–water partition coefficient (Wildman–Crippen LogP) is 2.75. The van der Waals surface area contributed by atoms with Crippen molar-refractivity contribution in [1.82, 2.24) is 4.90 Å². The molecule has 160 valence electrons. The zero-order valence-corrected chi connectivity index (χ0v) is 16.9. The highest BCUT2D eigenvalue weighted by Gasteiger charge is 2.56. The third kappa shape index (κ3) is 3.94. The highest BCUT2D eigenvalue weighted by Crippen LogP contribution is 2.44. The first-order valence-electron chi connectivity index (χ1n) is 10.0. The number of nitrogens with zero attached hydrogens (tertiary/aromatic N) is 2. The van der Waals surface area contributed by atoms with Gasteiger partial charge in [0, 0.05) is 12.1 Å². The van der Waals surface area contributed by atoms with Crippen LogP contribution >= 0.6 is 0 Å². The first-order chi connectivity index (χ1) is 14.9. The van der Waals surface area contributed by atoms with Crippen LogP contribution < -0.4 is 0 Å². The quantitative estimate of drug-likeness (QED) is 0.318. The van der Waals surface area contributed by atoms with Crippen LogP contribution in [0.3, 0.4) is 0 Å². The van der Waals surface area contributed by atoms with Gasteiger partial charge in [-0.05, 0) is 48.6 Å². The number of amides is 1. The molecule has 2 aromatic carbocycles. The van der Waals surface area contributed by atoms with Crippen LogP contribution in [-0.2, 0) is 27.4 Å². The molecule has 31 heavy (non-hydrogen) atoms. The summed E-state index contributed by atoms with van der Waals surface area (Å²) in [5.41, 5.74) is 2.63. The molecule has 3 atom stereocenters. The van der Waals surface area contributed by atoms with Crippen LogP contribution in [0.2, 0.25) is 0 Å². The molecule has 1 N–H and O–H groups in total. The maximum absolute atomic E-state index is 13.0. The van der Waals surface area contributed by atoms with Crippen LogP contribution in [0.4, 0.5) is 5.69 Å². The van der Waals surface area contributed by atoms with Gasteiger partial charge in [-0.3, -0.25) is 14.9 Å². The van der Waals surface area contributed by atoms with Gasteiger partial charge in [0.05, 0.1) is 23.0 Å². The summed E-state index contributed by atoms with van der Waals surface area (Å²) in [7, 11) is 0. The first kappa shape index (κ1) is 20.7. The molecule has 1 fully saturated rings. The van der Waals surface area contributed by atoms with Crippen LogP contribution in [0.25, 0.3) is 0 Å². The Bertz CT molecular complexity index is 1050. The van der Waals surface area contributed by atoms with Crippen molar-refractivity contribution in [2.75, 3.05) is 0 Å². The van der Waals surface area contributed by atoms with Gasteiger partial charge < -0.3 is 14.7 Å². The molecule has 0 bridgehead atoms. The second-order valence-electron chi connectivity index (χ2n) is 7.86. The van der Waals surface area contributed by atoms with E-state index >= 15 is 0 Å². The standard InChI is InChI=1S/C23H22N2O6/c1-14(26)20-19-12-17(11-15-5-3-2-4-6-15)21(24(19)22(20)27)23(28)31-13-16-7-9-18(10-8-16)25(29)30/h2-10,14,19-20,26H,11-13H2,1H3/t14-,19-,20-/m1/s1. The lowest BCUT2D eigenvalue weighted by Gasteiger charge is -2.44. The number of carbonyl (C=O) groups is 2. The van der Waals surface area contributed by atoms with E-state index in [1.165, 1.54) is 29.2 Å². The van der Waals surface area contributed by atoms with E-state index in [2.05, 4.69) is 0 Å². The number of rotatable bonds is 7. The van der Waals surface area contributed by atoms with E-state index in [4.69, 9.17) is 4.74 Å². The second-order valence-corrected chi connectivity index (χ2v) is 7.86. The Hall–Kier alpha value is -3.52. The smallest absolute Gasteiger partial charge is 0.355 e. The van der Waals surface area contributed by atoms with E-state index in [0.717, 1.165) is 11.1 Å². The Morgan fingerprint density at radius 3 is 2.48 bits per heavy atom. The van der Waals surface area contributed by atoms with E-state index in [-0.39, 0.29) is 29.9 Å². The molecule has 8 nitrogen and oxygen atoms in total. The normalized spacial score (nSPS) is 20.8. The van der Waals surface area contributed by atoms with E-state index in [9.17, 15) is 24.8 Å². The fraction of sp³-hybridized carbons (Fsp3) is 0.304. The monoisotopic (exact) mass is 422 g/mol. The van der Waals surface area contributed by atoms with Gasteiger partial charge in [0.25, 0.3) is 5.69 Å². The fourth-order valence-corrected chi connectivity index (χ4v) is 4.28. The van der Waals surface area contributed by atoms with Crippen LogP contribution in [0.5, 0.6) is 0 Å². The molecule has 2 heterocycles. The minimum Gasteiger partial charge on any atom is -0.456 e. The Morgan fingerprint density at radius 2 is 1.87 bits per heavy atom. The molecule has 0 spiro atoms. The van der Waals surface area contributed by atoms with Crippen molar-refractivity contribution in [3.05, 3.63) is 87.1 Å². The van der Waals surface area contributed by atoms with Crippen LogP contribution in [0, 0.1) is 16.0 Å². The van der Waals surface area contributed by atoms with Crippen molar-refractivity contribution in [3.63, 3.8) is 0 Å². The van der Waals surface area contributed by atoms with E-state index < -0.39 is 22.9 Å². The number of non-ortho nitro benzene ring substituents is 1. The van der Waals surface area contributed by atoms with Gasteiger partial charge in [-0.1, -0.05) is 30.3 Å². The molecular weight excluding hydrogens is 400 g/mol. The maximum Gasteiger partial charge on any atom is 0.355 e. The minimum atomic E-state index is -0.790. The number of esters is 1. The van der Waals surface area contributed by atoms with Crippen LogP contribution in [-0.4, -0.2) is 39.0 Å². The number of aliphatic hydroxyl groups excluding tert-OH is 1. The molecule has 2 aromatic rings. The second kappa shape index (κ2) is 8.31. The fourth-order valence-electron chi connectivity index (χ4n) is 4.28. The number of carbonyl (C=O) groups excluding carboxylic acids is 2. The number of nitro groups is 1. The van der Waals surface area contributed by atoms with Crippen molar-refractivity contribution in [1.29, 1.82) is 0 Å². The largest absolute Gasteiger partial charge is 0.456 e. The molecular formula is C23H22N2O6. The number of ether oxygens (including phenoxy) is 1. The highest BCUT2D eigenvalue weighted by atomic mass is 16.6. The zero-order valence-electron chi connectivity index (χ0n) is 16.9. The Labute approximate surface area is 178 Å². The number of hydrogen-bond donors (Lipinski definition) is 1. The van der Waals surface area contributed by atoms with Crippen molar-refractivity contribution in [2.45, 2.75) is 38.5 Å². The summed E-state index contributed by atoms with van der Waals surface area (Å²) in [6, 6.07) is 15.2. The lowest BCUT2D eigenvalue weighted by Crippen LogP contribution is -2.61. The van der Waals surface area contributed by atoms with Crippen LogP contribution in [0.15, 0.2) is 65.9 Å². The summed E-state index contributed by atoms with van der Waals surface area (Å²) in [6.07, 6.45) is 0.232. The summed E-state index contributed by atoms with van der Waals surface area (Å²) in [4.78, 5) is 37.3. The summed E-state index contributed by atoms with van der Waals surface area (Å²) >= 11 is 0. The minimum absolute atomic E-state index is 0.0445. The van der Waals surface area contributed by atoms with Crippen molar-refractivity contribution < 1.29 is 24.4 Å². The molecule has 0 unspecified atom stereocenters. The molecule has 0 aliphatic carbocycles. The zero-order chi connectivity index (χ0) is 22.1. The summed E-state index contributed by atoms with van der Waals surface area (Å²) in [5.74, 6) is -1.40. The Morgan fingerprint density at radius 1 is 1.19 bits per heavy atom. The van der Waals surface area contributed by atoms with E-state index in [1.807, 2.05) is 30.3 Å². The number of aliphatic hydroxyl groups is 1. The molecule has 1 saturated heterocycles. The molecule has 0 saturated carbocycles. The Kier molecular flexibility index (Phi) is 5.56. The summed E-state index contributed by atoms with van der Waals surface area (Å²) in [6.45, 7) is 1.52. The molecule has 0 aromatic heterocycles. The van der Waals surface area contributed by atoms with Gasteiger partial charge in [0.1, 0.15) is 12.3 Å². The highest BCUT2D eigenvalue weighted by molar-refractivity contribution is 6.00. The molecule has 1 amide bonds. The molecule has 2 aliphatic heterocycles. The van der Waals surface area contributed by atoms with Gasteiger partial charge in [-0.15, -0.1) is 0 Å². The first-order valence-corrected chi connectivity index (χ1v) is 10.0. The number of nitro benzene ring substituents is 1. The topological polar surface area (TPSA) is 110 Å². The third-order valence-electron chi connectivity index (χ3n) is 5.79. The van der Waals surface area contributed by atoms with Gasteiger partial charge in [0.2, 0.25) is 5.91 Å². The van der Waals surface area contributed by atoms with Gasteiger partial charge >= 0.3 is 5.97 Å². The average molecular weight is 422 g/mol. The van der Waals surface area contributed by atoms with Crippen molar-refractivity contribution in [2.24, 2.45) is 5.92 Å². The van der Waals surface area contributed by atoms with E-state index in [1.54, 1.807) is 6.92 Å². The van der Waals surface area contributed by atoms with E-state index in [0.29, 0.717) is 18.4 Å². The summed E-state index contributed by atoms with van der Waals surface area (Å²) < 4.78 is 5.45. The SMILES string of the molecule is C[C@@H](O)[C@H]1C(=O)N2C(C(=O)OCc3ccc([N+](=O)[O-])cc3)=C(Cc3ccccc3)C[C@H]12. The summed E-state index contributed by atoms with van der Waals surface area (Å²) in [5, 5.41) is 20.7. The molecule has 2 aliphatic rings.